The van der Waals surface area contributed by atoms with E-state index in [4.69, 9.17) is 4.74 Å². The quantitative estimate of drug-likeness (QED) is 0.718. The molecule has 124 valence electrons. The summed E-state index contributed by atoms with van der Waals surface area (Å²) in [6, 6.07) is 6.03. The first-order valence-electron chi connectivity index (χ1n) is 7.88. The van der Waals surface area contributed by atoms with Crippen molar-refractivity contribution in [2.75, 3.05) is 19.7 Å². The smallest absolute Gasteiger partial charge is 0.310 e. The lowest BCUT2D eigenvalue weighted by atomic mass is 10.0. The first-order chi connectivity index (χ1) is 11.1. The Labute approximate surface area is 135 Å². The molecule has 2 rings (SSSR count). The van der Waals surface area contributed by atoms with Gasteiger partial charge in [-0.25, -0.2) is 0 Å². The summed E-state index contributed by atoms with van der Waals surface area (Å²) >= 11 is 0. The van der Waals surface area contributed by atoms with Gasteiger partial charge < -0.3 is 15.4 Å². The molecular formula is C17H22N2O4. The second-order valence-electron chi connectivity index (χ2n) is 5.52. The van der Waals surface area contributed by atoms with Crippen LogP contribution in [-0.4, -0.2) is 37.5 Å². The number of rotatable bonds is 7. The predicted octanol–water partition coefficient (Wildman–Crippen LogP) is 0.513. The number of esters is 1. The Kier molecular flexibility index (Phi) is 6.14. The maximum Gasteiger partial charge on any atom is 0.310 e. The molecule has 0 heterocycles. The van der Waals surface area contributed by atoms with E-state index in [1.807, 2.05) is 12.1 Å². The van der Waals surface area contributed by atoms with Gasteiger partial charge in [-0.3, -0.25) is 14.4 Å². The van der Waals surface area contributed by atoms with Crippen LogP contribution in [0.15, 0.2) is 18.2 Å². The zero-order chi connectivity index (χ0) is 16.7. The van der Waals surface area contributed by atoms with Crippen molar-refractivity contribution in [2.24, 2.45) is 0 Å². The summed E-state index contributed by atoms with van der Waals surface area (Å²) < 4.78 is 4.94. The van der Waals surface area contributed by atoms with Crippen LogP contribution in [0, 0.1) is 0 Å². The minimum Gasteiger partial charge on any atom is -0.455 e. The zero-order valence-electron chi connectivity index (χ0n) is 13.3. The van der Waals surface area contributed by atoms with Crippen LogP contribution in [0.25, 0.3) is 0 Å². The van der Waals surface area contributed by atoms with Crippen LogP contribution < -0.4 is 10.6 Å². The molecule has 0 saturated heterocycles. The third-order valence-electron chi connectivity index (χ3n) is 3.70. The van der Waals surface area contributed by atoms with Crippen molar-refractivity contribution >= 4 is 17.8 Å². The van der Waals surface area contributed by atoms with E-state index < -0.39 is 11.9 Å². The summed E-state index contributed by atoms with van der Waals surface area (Å²) in [6.45, 7) is 1.81. The van der Waals surface area contributed by atoms with Gasteiger partial charge in [0.05, 0.1) is 13.0 Å². The van der Waals surface area contributed by atoms with E-state index in [0.717, 1.165) is 24.8 Å². The van der Waals surface area contributed by atoms with Crippen molar-refractivity contribution in [3.05, 3.63) is 34.9 Å². The fourth-order valence-corrected chi connectivity index (χ4v) is 2.59. The van der Waals surface area contributed by atoms with Crippen LogP contribution in [0.5, 0.6) is 0 Å². The average Bonchev–Trinajstić information content (AvgIpc) is 2.99. The van der Waals surface area contributed by atoms with Gasteiger partial charge in [-0.05, 0) is 42.9 Å². The summed E-state index contributed by atoms with van der Waals surface area (Å²) in [6.07, 6.45) is 3.47. The molecule has 0 fully saturated rings. The van der Waals surface area contributed by atoms with Crippen LogP contribution >= 0.6 is 0 Å². The molecule has 0 spiro atoms. The Balaban J connectivity index is 1.70. The maximum atomic E-state index is 11.8. The normalized spacial score (nSPS) is 12.4. The third-order valence-corrected chi connectivity index (χ3v) is 3.70. The number of nitrogens with one attached hydrogen (secondary N) is 2. The van der Waals surface area contributed by atoms with Crippen LogP contribution in [-0.2, 0) is 38.4 Å². The molecule has 1 aromatic rings. The van der Waals surface area contributed by atoms with Gasteiger partial charge in [-0.15, -0.1) is 0 Å². The summed E-state index contributed by atoms with van der Waals surface area (Å²) in [5.74, 6) is -1.21. The van der Waals surface area contributed by atoms with Gasteiger partial charge in [-0.2, -0.15) is 0 Å². The summed E-state index contributed by atoms with van der Waals surface area (Å²) in [5, 5.41) is 4.95. The molecule has 1 aromatic carbocycles. The lowest BCUT2D eigenvalue weighted by Gasteiger charge is -2.07. The van der Waals surface area contributed by atoms with Gasteiger partial charge in [0.1, 0.15) is 0 Å². The molecule has 2 N–H and O–H groups in total. The lowest BCUT2D eigenvalue weighted by Crippen LogP contribution is -2.38. The second kappa shape index (κ2) is 8.31. The van der Waals surface area contributed by atoms with E-state index in [9.17, 15) is 14.4 Å². The summed E-state index contributed by atoms with van der Waals surface area (Å²) in [7, 11) is 0. The molecular weight excluding hydrogens is 296 g/mol. The molecule has 1 aliphatic rings. The van der Waals surface area contributed by atoms with Crippen molar-refractivity contribution in [1.82, 2.24) is 10.6 Å². The Bertz CT molecular complexity index is 598. The Hall–Kier alpha value is -2.37. The highest BCUT2D eigenvalue weighted by Crippen LogP contribution is 2.23. The molecule has 0 bridgehead atoms. The number of amides is 2. The number of fused-ring (bicyclic) bond motifs is 1. The minimum absolute atomic E-state index is 0.116. The van der Waals surface area contributed by atoms with Crippen LogP contribution in [0.4, 0.5) is 0 Å². The highest BCUT2D eigenvalue weighted by Gasteiger charge is 2.13. The fraction of sp³-hybridized carbons (Fsp3) is 0.471. The van der Waals surface area contributed by atoms with Crippen molar-refractivity contribution in [3.63, 3.8) is 0 Å². The molecule has 0 aromatic heterocycles. The van der Waals surface area contributed by atoms with Gasteiger partial charge in [0, 0.05) is 6.54 Å². The van der Waals surface area contributed by atoms with E-state index in [2.05, 4.69) is 16.7 Å². The zero-order valence-corrected chi connectivity index (χ0v) is 13.3. The highest BCUT2D eigenvalue weighted by molar-refractivity contribution is 5.86. The van der Waals surface area contributed by atoms with Crippen LogP contribution in [0.1, 0.15) is 30.0 Å². The van der Waals surface area contributed by atoms with E-state index in [0.29, 0.717) is 6.54 Å². The van der Waals surface area contributed by atoms with E-state index in [-0.39, 0.29) is 25.5 Å². The van der Waals surface area contributed by atoms with E-state index in [1.54, 1.807) is 6.92 Å². The molecule has 23 heavy (non-hydrogen) atoms. The van der Waals surface area contributed by atoms with Crippen molar-refractivity contribution in [3.8, 4) is 0 Å². The maximum absolute atomic E-state index is 11.8. The van der Waals surface area contributed by atoms with Crippen LogP contribution in [0.3, 0.4) is 0 Å². The van der Waals surface area contributed by atoms with Gasteiger partial charge >= 0.3 is 5.97 Å². The number of carbonyl (C=O) groups excluding carboxylic acids is 3. The SMILES string of the molecule is CCNC(=O)CNC(=O)COC(=O)Cc1ccc2c(c1)CCC2. The van der Waals surface area contributed by atoms with Crippen molar-refractivity contribution in [2.45, 2.75) is 32.6 Å². The molecule has 1 aliphatic carbocycles. The highest BCUT2D eigenvalue weighted by atomic mass is 16.5. The number of likely N-dealkylation sites (N-methyl/N-ethyl adjacent to an activating group) is 1. The number of carbonyl (C=O) groups is 3. The minimum atomic E-state index is -0.487. The summed E-state index contributed by atoms with van der Waals surface area (Å²) in [5.41, 5.74) is 3.56. The molecule has 0 radical (unpaired) electrons. The number of aryl methyl sites for hydroxylation is 2. The molecule has 6 heteroatoms. The van der Waals surface area contributed by atoms with Crippen molar-refractivity contribution in [1.29, 1.82) is 0 Å². The van der Waals surface area contributed by atoms with Gasteiger partial charge in [0.2, 0.25) is 5.91 Å². The molecule has 0 saturated carbocycles. The molecule has 6 nitrogen and oxygen atoms in total. The van der Waals surface area contributed by atoms with Crippen molar-refractivity contribution < 1.29 is 19.1 Å². The largest absolute Gasteiger partial charge is 0.455 e. The van der Waals surface area contributed by atoms with E-state index in [1.165, 1.54) is 11.1 Å². The summed E-state index contributed by atoms with van der Waals surface area (Å²) in [4.78, 5) is 34.5. The van der Waals surface area contributed by atoms with Crippen LogP contribution in [0.2, 0.25) is 0 Å². The Morgan fingerprint density at radius 2 is 1.87 bits per heavy atom. The predicted molar refractivity (Wildman–Crippen MR) is 84.8 cm³/mol. The first-order valence-corrected chi connectivity index (χ1v) is 7.88. The number of ether oxygens (including phenoxy) is 1. The fourth-order valence-electron chi connectivity index (χ4n) is 2.59. The topological polar surface area (TPSA) is 84.5 Å². The lowest BCUT2D eigenvalue weighted by molar-refractivity contribution is -0.147. The monoisotopic (exact) mass is 318 g/mol. The third kappa shape index (κ3) is 5.39. The van der Waals surface area contributed by atoms with E-state index >= 15 is 0 Å². The number of hydrogen-bond acceptors (Lipinski definition) is 4. The average molecular weight is 318 g/mol. The first kappa shape index (κ1) is 17.0. The molecule has 2 amide bonds. The molecule has 0 unspecified atom stereocenters. The van der Waals surface area contributed by atoms with Gasteiger partial charge in [0.25, 0.3) is 5.91 Å². The Morgan fingerprint density at radius 3 is 2.65 bits per heavy atom. The van der Waals surface area contributed by atoms with Gasteiger partial charge in [-0.1, -0.05) is 18.2 Å². The number of hydrogen-bond donors (Lipinski definition) is 2. The Morgan fingerprint density at radius 1 is 1.09 bits per heavy atom. The second-order valence-corrected chi connectivity index (χ2v) is 5.52. The molecule has 0 aliphatic heterocycles. The number of benzene rings is 1. The standard InChI is InChI=1S/C17H22N2O4/c1-2-18-15(20)10-19-16(21)11-23-17(22)9-12-6-7-13-4-3-5-14(13)8-12/h6-8H,2-5,9-11H2,1H3,(H,18,20)(H,19,21). The van der Waals surface area contributed by atoms with Gasteiger partial charge in [0.15, 0.2) is 6.61 Å². The molecule has 0 atom stereocenters.